The number of rotatable bonds is 7. The maximum Gasteiger partial charge on any atom is 0.315 e. The molecule has 0 fully saturated rings. The van der Waals surface area contributed by atoms with Gasteiger partial charge in [-0.05, 0) is 49.6 Å². The number of amides is 2. The topological polar surface area (TPSA) is 66.2 Å². The number of H-pyrrole nitrogens is 1. The Labute approximate surface area is 153 Å². The molecular weight excluding hydrogens is 326 g/mol. The first kappa shape index (κ1) is 17.9. The molecule has 136 valence electrons. The molecule has 0 aliphatic heterocycles. The van der Waals surface area contributed by atoms with Crippen molar-refractivity contribution in [3.05, 3.63) is 65.4 Å². The van der Waals surface area contributed by atoms with Gasteiger partial charge in [0.2, 0.25) is 0 Å². The van der Waals surface area contributed by atoms with Gasteiger partial charge in [-0.15, -0.1) is 0 Å². The van der Waals surface area contributed by atoms with Crippen LogP contribution in [-0.4, -0.2) is 24.2 Å². The first-order valence-electron chi connectivity index (χ1n) is 8.97. The monoisotopic (exact) mass is 351 g/mol. The number of carbonyl (C=O) groups is 1. The van der Waals surface area contributed by atoms with Crippen LogP contribution in [-0.2, 0) is 13.0 Å². The molecule has 5 nitrogen and oxygen atoms in total. The minimum absolute atomic E-state index is 0.163. The zero-order valence-corrected chi connectivity index (χ0v) is 15.3. The standard InChI is InChI=1S/C21H25N3O2/c1-3-26-17-8-6-7-16(13-17)14-23-21(25)22-12-11-18-15(2)24-20-10-5-4-9-19(18)20/h4-10,13,24H,3,11-12,14H2,1-2H3,(H2,22,23,25). The highest BCUT2D eigenvalue weighted by Gasteiger charge is 2.08. The number of fused-ring (bicyclic) bond motifs is 1. The molecule has 0 bridgehead atoms. The lowest BCUT2D eigenvalue weighted by molar-refractivity contribution is 0.240. The van der Waals surface area contributed by atoms with Crippen LogP contribution in [0.15, 0.2) is 48.5 Å². The number of aryl methyl sites for hydroxylation is 1. The first-order chi connectivity index (χ1) is 12.7. The van der Waals surface area contributed by atoms with Crippen molar-refractivity contribution >= 4 is 16.9 Å². The van der Waals surface area contributed by atoms with Crippen LogP contribution >= 0.6 is 0 Å². The highest BCUT2D eigenvalue weighted by molar-refractivity contribution is 5.84. The lowest BCUT2D eigenvalue weighted by Gasteiger charge is -2.09. The highest BCUT2D eigenvalue weighted by Crippen LogP contribution is 2.21. The fourth-order valence-electron chi connectivity index (χ4n) is 3.11. The Morgan fingerprint density at radius 3 is 2.81 bits per heavy atom. The molecule has 1 heterocycles. The summed E-state index contributed by atoms with van der Waals surface area (Å²) in [6.45, 7) is 5.71. The molecule has 0 aliphatic carbocycles. The fourth-order valence-corrected chi connectivity index (χ4v) is 3.11. The third-order valence-corrected chi connectivity index (χ3v) is 4.35. The molecule has 0 saturated carbocycles. The van der Waals surface area contributed by atoms with Crippen molar-refractivity contribution in [1.29, 1.82) is 0 Å². The number of ether oxygens (including phenoxy) is 1. The van der Waals surface area contributed by atoms with Crippen LogP contribution < -0.4 is 15.4 Å². The van der Waals surface area contributed by atoms with Crippen molar-refractivity contribution in [2.24, 2.45) is 0 Å². The Morgan fingerprint density at radius 1 is 1.12 bits per heavy atom. The first-order valence-corrected chi connectivity index (χ1v) is 8.97. The average Bonchev–Trinajstić information content (AvgIpc) is 2.96. The van der Waals surface area contributed by atoms with Crippen molar-refractivity contribution in [2.75, 3.05) is 13.2 Å². The van der Waals surface area contributed by atoms with E-state index in [-0.39, 0.29) is 6.03 Å². The molecule has 5 heteroatoms. The maximum atomic E-state index is 12.0. The number of aromatic amines is 1. The molecule has 0 aliphatic rings. The Balaban J connectivity index is 1.48. The molecule has 3 aromatic rings. The lowest BCUT2D eigenvalue weighted by Crippen LogP contribution is -2.36. The maximum absolute atomic E-state index is 12.0. The second-order valence-electron chi connectivity index (χ2n) is 6.21. The highest BCUT2D eigenvalue weighted by atomic mass is 16.5. The summed E-state index contributed by atoms with van der Waals surface area (Å²) in [5, 5.41) is 7.04. The molecule has 0 atom stereocenters. The zero-order chi connectivity index (χ0) is 18.4. The summed E-state index contributed by atoms with van der Waals surface area (Å²) >= 11 is 0. The molecule has 0 radical (unpaired) electrons. The van der Waals surface area contributed by atoms with E-state index in [0.29, 0.717) is 19.7 Å². The number of hydrogen-bond acceptors (Lipinski definition) is 2. The van der Waals surface area contributed by atoms with Gasteiger partial charge in [0.25, 0.3) is 0 Å². The molecular formula is C21H25N3O2. The predicted molar refractivity (Wildman–Crippen MR) is 105 cm³/mol. The van der Waals surface area contributed by atoms with Crippen molar-refractivity contribution < 1.29 is 9.53 Å². The molecule has 0 spiro atoms. The van der Waals surface area contributed by atoms with E-state index in [4.69, 9.17) is 4.74 Å². The molecule has 26 heavy (non-hydrogen) atoms. The van der Waals surface area contributed by atoms with E-state index in [1.54, 1.807) is 0 Å². The summed E-state index contributed by atoms with van der Waals surface area (Å²) in [5.41, 5.74) is 4.56. The quantitative estimate of drug-likeness (QED) is 0.604. The molecule has 0 saturated heterocycles. The largest absolute Gasteiger partial charge is 0.494 e. The minimum atomic E-state index is -0.163. The van der Waals surface area contributed by atoms with Gasteiger partial charge in [0.1, 0.15) is 5.75 Å². The summed E-state index contributed by atoms with van der Waals surface area (Å²) in [4.78, 5) is 15.4. The van der Waals surface area contributed by atoms with Crippen LogP contribution in [0.2, 0.25) is 0 Å². The number of hydrogen-bond donors (Lipinski definition) is 3. The number of urea groups is 1. The summed E-state index contributed by atoms with van der Waals surface area (Å²) in [6.07, 6.45) is 0.795. The van der Waals surface area contributed by atoms with Gasteiger partial charge in [0.15, 0.2) is 0 Å². The normalized spacial score (nSPS) is 10.7. The van der Waals surface area contributed by atoms with Crippen molar-refractivity contribution in [2.45, 2.75) is 26.8 Å². The summed E-state index contributed by atoms with van der Waals surface area (Å²) in [5.74, 6) is 0.821. The number of nitrogens with one attached hydrogen (secondary N) is 3. The molecule has 3 rings (SSSR count). The molecule has 1 aromatic heterocycles. The fraction of sp³-hybridized carbons (Fsp3) is 0.286. The summed E-state index contributed by atoms with van der Waals surface area (Å²) in [7, 11) is 0. The van der Waals surface area contributed by atoms with Gasteiger partial charge >= 0.3 is 6.03 Å². The van der Waals surface area contributed by atoms with Gasteiger partial charge in [-0.3, -0.25) is 0 Å². The third-order valence-electron chi connectivity index (χ3n) is 4.35. The zero-order valence-electron chi connectivity index (χ0n) is 15.3. The smallest absolute Gasteiger partial charge is 0.315 e. The second kappa shape index (κ2) is 8.43. The molecule has 2 aromatic carbocycles. The van der Waals surface area contributed by atoms with Crippen LogP contribution in [0.25, 0.3) is 10.9 Å². The number of carbonyl (C=O) groups excluding carboxylic acids is 1. The number of benzene rings is 2. The number of para-hydroxylation sites is 1. The van der Waals surface area contributed by atoms with E-state index in [1.165, 1.54) is 10.9 Å². The van der Waals surface area contributed by atoms with E-state index in [9.17, 15) is 4.79 Å². The van der Waals surface area contributed by atoms with Gasteiger partial charge in [-0.1, -0.05) is 30.3 Å². The van der Waals surface area contributed by atoms with Crippen LogP contribution in [0.4, 0.5) is 4.79 Å². The number of aromatic nitrogens is 1. The summed E-state index contributed by atoms with van der Waals surface area (Å²) < 4.78 is 5.47. The van der Waals surface area contributed by atoms with E-state index in [1.807, 2.05) is 43.3 Å². The Hall–Kier alpha value is -2.95. The van der Waals surface area contributed by atoms with E-state index >= 15 is 0 Å². The molecule has 2 amide bonds. The minimum Gasteiger partial charge on any atom is -0.494 e. The average molecular weight is 351 g/mol. The summed E-state index contributed by atoms with van der Waals surface area (Å²) in [6, 6.07) is 15.8. The predicted octanol–water partition coefficient (Wildman–Crippen LogP) is 3.92. The third kappa shape index (κ3) is 4.36. The van der Waals surface area contributed by atoms with Gasteiger partial charge < -0.3 is 20.4 Å². The van der Waals surface area contributed by atoms with Gasteiger partial charge in [0.05, 0.1) is 6.61 Å². The van der Waals surface area contributed by atoms with Crippen LogP contribution in [0.3, 0.4) is 0 Å². The SMILES string of the molecule is CCOc1cccc(CNC(=O)NCCc2c(C)[nH]c3ccccc23)c1. The molecule has 0 unspecified atom stereocenters. The van der Waals surface area contributed by atoms with E-state index < -0.39 is 0 Å². The van der Waals surface area contributed by atoms with Crippen molar-refractivity contribution in [3.8, 4) is 5.75 Å². The van der Waals surface area contributed by atoms with Gasteiger partial charge in [-0.2, -0.15) is 0 Å². The van der Waals surface area contributed by atoms with E-state index in [2.05, 4.69) is 34.7 Å². The molecule has 3 N–H and O–H groups in total. The lowest BCUT2D eigenvalue weighted by atomic mass is 10.1. The van der Waals surface area contributed by atoms with Crippen LogP contribution in [0, 0.1) is 6.92 Å². The second-order valence-corrected chi connectivity index (χ2v) is 6.21. The van der Waals surface area contributed by atoms with Gasteiger partial charge in [-0.25, -0.2) is 4.79 Å². The van der Waals surface area contributed by atoms with Gasteiger partial charge in [0, 0.05) is 29.7 Å². The van der Waals surface area contributed by atoms with Crippen LogP contribution in [0.5, 0.6) is 5.75 Å². The van der Waals surface area contributed by atoms with Crippen molar-refractivity contribution in [3.63, 3.8) is 0 Å². The van der Waals surface area contributed by atoms with E-state index in [0.717, 1.165) is 28.9 Å². The van der Waals surface area contributed by atoms with Crippen molar-refractivity contribution in [1.82, 2.24) is 15.6 Å². The van der Waals surface area contributed by atoms with Crippen LogP contribution in [0.1, 0.15) is 23.7 Å². The Morgan fingerprint density at radius 2 is 1.96 bits per heavy atom. The Bertz CT molecular complexity index is 886. The Kier molecular flexibility index (Phi) is 5.79.